The van der Waals surface area contributed by atoms with Crippen LogP contribution in [0.3, 0.4) is 0 Å². The van der Waals surface area contributed by atoms with E-state index in [-0.39, 0.29) is 0 Å². The molecule has 0 radical (unpaired) electrons. The molecule has 4 fully saturated rings. The summed E-state index contributed by atoms with van der Waals surface area (Å²) in [5.41, 5.74) is 3.67. The monoisotopic (exact) mass is 262 g/mol. The van der Waals surface area contributed by atoms with Crippen LogP contribution >= 0.6 is 11.8 Å². The quantitative estimate of drug-likeness (QED) is 0.615. The van der Waals surface area contributed by atoms with Gasteiger partial charge in [-0.1, -0.05) is 50.0 Å². The second-order valence-electron chi connectivity index (χ2n) is 6.20. The number of hydrogen-bond donors (Lipinski definition) is 0. The van der Waals surface area contributed by atoms with Crippen molar-refractivity contribution in [3.05, 3.63) is 23.3 Å². The fourth-order valence-corrected chi connectivity index (χ4v) is 6.05. The van der Waals surface area contributed by atoms with Crippen molar-refractivity contribution in [2.75, 3.05) is 0 Å². The molecule has 1 heteroatoms. The lowest BCUT2D eigenvalue weighted by Crippen LogP contribution is -2.44. The Labute approximate surface area is 116 Å². The van der Waals surface area contributed by atoms with Crippen molar-refractivity contribution in [2.45, 2.75) is 69.3 Å². The van der Waals surface area contributed by atoms with E-state index in [4.69, 9.17) is 0 Å². The van der Waals surface area contributed by atoms with Crippen molar-refractivity contribution in [3.63, 3.8) is 0 Å². The third-order valence-corrected chi connectivity index (χ3v) is 6.50. The van der Waals surface area contributed by atoms with Gasteiger partial charge in [0.25, 0.3) is 0 Å². The van der Waals surface area contributed by atoms with Gasteiger partial charge in [0.1, 0.15) is 0 Å². The summed E-state index contributed by atoms with van der Waals surface area (Å²) in [6, 6.07) is 0. The van der Waals surface area contributed by atoms with Gasteiger partial charge in [-0.3, -0.25) is 0 Å². The van der Waals surface area contributed by atoms with Crippen LogP contribution in [0.5, 0.6) is 0 Å². The maximum Gasteiger partial charge on any atom is 0.0270 e. The normalized spacial score (nSPS) is 42.1. The molecule has 0 N–H and O–H groups in total. The summed E-state index contributed by atoms with van der Waals surface area (Å²) in [6.07, 6.45) is 14.8. The van der Waals surface area contributed by atoms with Crippen LogP contribution < -0.4 is 0 Å². The summed E-state index contributed by atoms with van der Waals surface area (Å²) in [5, 5.41) is 1.77. The molecule has 0 aromatic rings. The molecule has 2 saturated heterocycles. The van der Waals surface area contributed by atoms with Crippen LogP contribution in [-0.4, -0.2) is 10.5 Å². The molecule has 2 aliphatic heterocycles. The Kier molecular flexibility index (Phi) is 3.89. The van der Waals surface area contributed by atoms with Crippen LogP contribution in [0.2, 0.25) is 0 Å². The second kappa shape index (κ2) is 5.45. The first-order valence-electron chi connectivity index (χ1n) is 7.88. The Morgan fingerprint density at radius 1 is 0.889 bits per heavy atom. The smallest absolute Gasteiger partial charge is 0.0270 e. The lowest BCUT2D eigenvalue weighted by atomic mass is 9.66. The van der Waals surface area contributed by atoms with Gasteiger partial charge >= 0.3 is 0 Å². The van der Waals surface area contributed by atoms with Crippen molar-refractivity contribution < 1.29 is 0 Å². The molecule has 0 spiro atoms. The fourth-order valence-electron chi connectivity index (χ4n) is 4.08. The number of thioether (sulfide) groups is 1. The van der Waals surface area contributed by atoms with E-state index < -0.39 is 0 Å². The molecule has 2 aliphatic carbocycles. The Hall–Kier alpha value is -0.170. The molecule has 4 rings (SSSR count). The summed E-state index contributed by atoms with van der Waals surface area (Å²) in [6.45, 7) is 4.59. The topological polar surface area (TPSA) is 0 Å². The van der Waals surface area contributed by atoms with E-state index in [1.807, 2.05) is 11.1 Å². The van der Waals surface area contributed by atoms with E-state index in [0.717, 1.165) is 22.3 Å². The number of allylic oxidation sites excluding steroid dienone is 2. The average molecular weight is 262 g/mol. The first-order chi connectivity index (χ1) is 8.83. The largest absolute Gasteiger partial charge is 0.146 e. The summed E-state index contributed by atoms with van der Waals surface area (Å²) >= 11 is 2.29. The van der Waals surface area contributed by atoms with Crippen LogP contribution in [0.25, 0.3) is 0 Å². The third kappa shape index (κ3) is 2.19. The zero-order valence-electron chi connectivity index (χ0n) is 11.8. The van der Waals surface area contributed by atoms with Crippen LogP contribution in [-0.2, 0) is 0 Å². The molecular weight excluding hydrogens is 236 g/mol. The molecule has 4 bridgehead atoms. The van der Waals surface area contributed by atoms with Gasteiger partial charge in [0, 0.05) is 10.5 Å². The van der Waals surface area contributed by atoms with E-state index in [9.17, 15) is 0 Å². The molecular formula is C17H26S. The van der Waals surface area contributed by atoms with Gasteiger partial charge in [0.05, 0.1) is 0 Å². The Morgan fingerprint density at radius 2 is 1.39 bits per heavy atom. The minimum atomic E-state index is 0.887. The fraction of sp³-hybridized carbons (Fsp3) is 0.765. The van der Waals surface area contributed by atoms with Gasteiger partial charge in [-0.15, -0.1) is 11.8 Å². The van der Waals surface area contributed by atoms with Gasteiger partial charge in [-0.25, -0.2) is 0 Å². The van der Waals surface area contributed by atoms with Crippen molar-refractivity contribution in [3.8, 4) is 0 Å². The molecule has 0 nitrogen and oxygen atoms in total. The molecule has 100 valence electrons. The maximum absolute atomic E-state index is 2.59. The van der Waals surface area contributed by atoms with Crippen LogP contribution in [0.15, 0.2) is 23.3 Å². The zero-order chi connectivity index (χ0) is 12.5. The van der Waals surface area contributed by atoms with E-state index in [1.165, 1.54) is 44.9 Å². The summed E-state index contributed by atoms with van der Waals surface area (Å²) in [5.74, 6) is 1.90. The predicted molar refractivity (Wildman–Crippen MR) is 82.0 cm³/mol. The van der Waals surface area contributed by atoms with Gasteiger partial charge in [-0.2, -0.15) is 0 Å². The molecule has 18 heavy (non-hydrogen) atoms. The van der Waals surface area contributed by atoms with Crippen molar-refractivity contribution in [2.24, 2.45) is 11.8 Å². The summed E-state index contributed by atoms with van der Waals surface area (Å²) < 4.78 is 0. The molecule has 0 aromatic carbocycles. The van der Waals surface area contributed by atoms with Gasteiger partial charge in [0.15, 0.2) is 0 Å². The molecule has 0 amide bonds. The van der Waals surface area contributed by atoms with Crippen molar-refractivity contribution in [1.82, 2.24) is 0 Å². The van der Waals surface area contributed by atoms with Crippen LogP contribution in [0.1, 0.15) is 58.8 Å². The number of hydrogen-bond acceptors (Lipinski definition) is 1. The molecule has 4 aliphatic rings. The molecule has 4 unspecified atom stereocenters. The van der Waals surface area contributed by atoms with Crippen LogP contribution in [0, 0.1) is 11.8 Å². The molecule has 2 saturated carbocycles. The summed E-state index contributed by atoms with van der Waals surface area (Å²) in [4.78, 5) is 0. The first kappa shape index (κ1) is 12.8. The first-order valence-corrected chi connectivity index (χ1v) is 8.83. The molecule has 4 atom stereocenters. The Balaban J connectivity index is 1.76. The zero-order valence-corrected chi connectivity index (χ0v) is 12.6. The number of rotatable bonds is 4. The van der Waals surface area contributed by atoms with Crippen LogP contribution in [0.4, 0.5) is 0 Å². The highest BCUT2D eigenvalue weighted by atomic mass is 32.2. The van der Waals surface area contributed by atoms with Crippen molar-refractivity contribution in [1.29, 1.82) is 0 Å². The Morgan fingerprint density at radius 3 is 1.78 bits per heavy atom. The van der Waals surface area contributed by atoms with Gasteiger partial charge in [0.2, 0.25) is 0 Å². The SMILES string of the molecule is CCC/C=C1\C2CC3CC1SC(C2)/C3=C/CCC. The van der Waals surface area contributed by atoms with E-state index >= 15 is 0 Å². The highest BCUT2D eigenvalue weighted by Crippen LogP contribution is 2.59. The lowest BCUT2D eigenvalue weighted by Gasteiger charge is -2.52. The lowest BCUT2D eigenvalue weighted by molar-refractivity contribution is 0.298. The third-order valence-electron chi connectivity index (χ3n) is 4.92. The van der Waals surface area contributed by atoms with E-state index in [1.54, 1.807) is 0 Å². The molecule has 2 heterocycles. The summed E-state index contributed by atoms with van der Waals surface area (Å²) in [7, 11) is 0. The number of unbranched alkanes of at least 4 members (excludes halogenated alkanes) is 2. The van der Waals surface area contributed by atoms with Gasteiger partial charge < -0.3 is 0 Å². The van der Waals surface area contributed by atoms with Gasteiger partial charge in [-0.05, 0) is 43.9 Å². The van der Waals surface area contributed by atoms with E-state index in [0.29, 0.717) is 0 Å². The van der Waals surface area contributed by atoms with E-state index in [2.05, 4.69) is 37.8 Å². The molecule has 0 aromatic heterocycles. The minimum Gasteiger partial charge on any atom is -0.146 e. The highest BCUT2D eigenvalue weighted by molar-refractivity contribution is 8.01. The average Bonchev–Trinajstić information content (AvgIpc) is 2.36. The Bertz CT molecular complexity index is 298. The standard InChI is InChI=1S/C17H26S/c1-3-5-7-14-12-9-13-11-16(14)18-17(10-12)15(13)8-6-4-2/h7-8,12-13,16-17H,3-6,9-11H2,1-2H3/b14-7+,15-8+. The van der Waals surface area contributed by atoms with Crippen molar-refractivity contribution >= 4 is 11.8 Å². The second-order valence-corrected chi connectivity index (χ2v) is 7.61. The predicted octanol–water partition coefficient (Wildman–Crippen LogP) is 5.35. The highest BCUT2D eigenvalue weighted by Gasteiger charge is 2.47. The maximum atomic E-state index is 2.59. The minimum absolute atomic E-state index is 0.887.